The SMILES string of the molecule is O=C(CSc1nc2ccccc2s1)NC[C@H]1CCCN1c1nc2ccccc2o1. The first-order chi connectivity index (χ1) is 14.3. The van der Waals surface area contributed by atoms with Gasteiger partial charge in [0.05, 0.1) is 22.0 Å². The standard InChI is InChI=1S/C21H20N4O2S2/c26-19(13-28-21-24-16-8-2-4-10-18(16)29-21)22-12-14-6-5-11-25(14)20-23-15-7-1-3-9-17(15)27-20/h1-4,7-10,14H,5-6,11-13H2,(H,22,26)/t14-/m1/s1. The molecule has 5 rings (SSSR count). The largest absolute Gasteiger partial charge is 0.423 e. The van der Waals surface area contributed by atoms with E-state index in [-0.39, 0.29) is 11.9 Å². The molecule has 1 atom stereocenters. The Balaban J connectivity index is 1.17. The molecule has 0 unspecified atom stereocenters. The van der Waals surface area contributed by atoms with Crippen LogP contribution in [0.2, 0.25) is 0 Å². The van der Waals surface area contributed by atoms with Gasteiger partial charge in [0, 0.05) is 13.1 Å². The van der Waals surface area contributed by atoms with Crippen LogP contribution in [0.1, 0.15) is 12.8 Å². The van der Waals surface area contributed by atoms with Crippen LogP contribution in [-0.2, 0) is 4.79 Å². The zero-order chi connectivity index (χ0) is 19.6. The van der Waals surface area contributed by atoms with Gasteiger partial charge in [-0.05, 0) is 37.1 Å². The van der Waals surface area contributed by atoms with E-state index in [1.165, 1.54) is 11.8 Å². The summed E-state index contributed by atoms with van der Waals surface area (Å²) in [7, 11) is 0. The molecule has 1 N–H and O–H groups in total. The molecular weight excluding hydrogens is 404 g/mol. The number of oxazole rings is 1. The molecule has 148 valence electrons. The van der Waals surface area contributed by atoms with Gasteiger partial charge >= 0.3 is 0 Å². The van der Waals surface area contributed by atoms with E-state index in [0.717, 1.165) is 45.0 Å². The lowest BCUT2D eigenvalue weighted by atomic mass is 10.2. The van der Waals surface area contributed by atoms with E-state index in [0.29, 0.717) is 18.3 Å². The van der Waals surface area contributed by atoms with Gasteiger partial charge in [-0.15, -0.1) is 11.3 Å². The molecule has 29 heavy (non-hydrogen) atoms. The molecule has 8 heteroatoms. The Morgan fingerprint density at radius 2 is 2.00 bits per heavy atom. The number of thioether (sulfide) groups is 1. The van der Waals surface area contributed by atoms with E-state index in [9.17, 15) is 4.79 Å². The Kier molecular flexibility index (Phi) is 5.12. The third kappa shape index (κ3) is 3.95. The first-order valence-corrected chi connectivity index (χ1v) is 11.4. The average Bonchev–Trinajstić information content (AvgIpc) is 3.47. The number of aromatic nitrogens is 2. The fourth-order valence-electron chi connectivity index (χ4n) is 3.61. The van der Waals surface area contributed by atoms with E-state index in [1.54, 1.807) is 11.3 Å². The number of nitrogens with one attached hydrogen (secondary N) is 1. The van der Waals surface area contributed by atoms with Crippen LogP contribution in [0.15, 0.2) is 57.3 Å². The maximum atomic E-state index is 12.4. The number of amides is 1. The molecule has 1 aliphatic rings. The molecular formula is C21H20N4O2S2. The maximum absolute atomic E-state index is 12.4. The van der Waals surface area contributed by atoms with E-state index in [4.69, 9.17) is 4.42 Å². The maximum Gasteiger partial charge on any atom is 0.298 e. The van der Waals surface area contributed by atoms with Crippen molar-refractivity contribution in [1.82, 2.24) is 15.3 Å². The summed E-state index contributed by atoms with van der Waals surface area (Å²) < 4.78 is 7.99. The van der Waals surface area contributed by atoms with E-state index in [1.807, 2.05) is 42.5 Å². The fraction of sp³-hybridized carbons (Fsp3) is 0.286. The number of hydrogen-bond acceptors (Lipinski definition) is 7. The highest BCUT2D eigenvalue weighted by Gasteiger charge is 2.28. The van der Waals surface area contributed by atoms with Crippen LogP contribution in [0.5, 0.6) is 0 Å². The predicted octanol–water partition coefficient (Wildman–Crippen LogP) is 4.31. The van der Waals surface area contributed by atoms with Gasteiger partial charge in [-0.1, -0.05) is 36.0 Å². The van der Waals surface area contributed by atoms with Crippen LogP contribution in [-0.4, -0.2) is 40.8 Å². The lowest BCUT2D eigenvalue weighted by molar-refractivity contribution is -0.118. The first-order valence-electron chi connectivity index (χ1n) is 9.63. The van der Waals surface area contributed by atoms with Crippen LogP contribution in [0.25, 0.3) is 21.3 Å². The molecule has 1 amide bonds. The zero-order valence-electron chi connectivity index (χ0n) is 15.7. The van der Waals surface area contributed by atoms with Crippen molar-refractivity contribution in [3.8, 4) is 0 Å². The lowest BCUT2D eigenvalue weighted by Crippen LogP contribution is -2.41. The molecule has 1 aliphatic heterocycles. The summed E-state index contributed by atoms with van der Waals surface area (Å²) in [6.07, 6.45) is 2.09. The van der Waals surface area contributed by atoms with E-state index in [2.05, 4.69) is 26.3 Å². The summed E-state index contributed by atoms with van der Waals surface area (Å²) in [5.74, 6) is 0.397. The number of rotatable bonds is 6. The number of nitrogens with zero attached hydrogens (tertiary/aromatic N) is 3. The Morgan fingerprint density at radius 1 is 1.17 bits per heavy atom. The van der Waals surface area contributed by atoms with Gasteiger partial charge in [-0.25, -0.2) is 4.98 Å². The summed E-state index contributed by atoms with van der Waals surface area (Å²) in [6.45, 7) is 1.49. The van der Waals surface area contributed by atoms with Crippen molar-refractivity contribution < 1.29 is 9.21 Å². The second kappa shape index (κ2) is 8.04. The van der Waals surface area contributed by atoms with Crippen molar-refractivity contribution in [3.05, 3.63) is 48.5 Å². The number of anilines is 1. The minimum Gasteiger partial charge on any atom is -0.423 e. The zero-order valence-corrected chi connectivity index (χ0v) is 17.3. The third-order valence-electron chi connectivity index (χ3n) is 5.04. The van der Waals surface area contributed by atoms with Gasteiger partial charge in [0.2, 0.25) is 5.91 Å². The van der Waals surface area contributed by atoms with Gasteiger partial charge in [-0.3, -0.25) is 4.79 Å². The molecule has 0 saturated carbocycles. The molecule has 4 aromatic rings. The number of hydrogen-bond donors (Lipinski definition) is 1. The smallest absolute Gasteiger partial charge is 0.298 e. The molecule has 1 fully saturated rings. The Hall–Kier alpha value is -2.58. The summed E-state index contributed by atoms with van der Waals surface area (Å²) in [5, 5.41) is 3.07. The van der Waals surface area contributed by atoms with Crippen molar-refractivity contribution in [2.24, 2.45) is 0 Å². The van der Waals surface area contributed by atoms with Crippen molar-refractivity contribution >= 4 is 56.3 Å². The minimum absolute atomic E-state index is 0.0265. The second-order valence-corrected chi connectivity index (χ2v) is 9.25. The van der Waals surface area contributed by atoms with E-state index >= 15 is 0 Å². The Labute approximate surface area is 176 Å². The number of benzene rings is 2. The number of carbonyl (C=O) groups is 1. The van der Waals surface area contributed by atoms with Crippen LogP contribution >= 0.6 is 23.1 Å². The van der Waals surface area contributed by atoms with Crippen LogP contribution in [0.3, 0.4) is 0 Å². The number of para-hydroxylation sites is 3. The molecule has 0 aliphatic carbocycles. The van der Waals surface area contributed by atoms with E-state index < -0.39 is 0 Å². The summed E-state index contributed by atoms with van der Waals surface area (Å²) in [5.41, 5.74) is 2.65. The summed E-state index contributed by atoms with van der Waals surface area (Å²) >= 11 is 3.11. The monoisotopic (exact) mass is 424 g/mol. The van der Waals surface area contributed by atoms with Crippen molar-refractivity contribution in [1.29, 1.82) is 0 Å². The van der Waals surface area contributed by atoms with Crippen molar-refractivity contribution in [3.63, 3.8) is 0 Å². The summed E-state index contributed by atoms with van der Waals surface area (Å²) in [4.78, 5) is 23.7. The van der Waals surface area contributed by atoms with Gasteiger partial charge in [-0.2, -0.15) is 4.98 Å². The topological polar surface area (TPSA) is 71.3 Å². The molecule has 2 aromatic heterocycles. The van der Waals surface area contributed by atoms with Crippen molar-refractivity contribution in [2.75, 3.05) is 23.7 Å². The Morgan fingerprint density at radius 3 is 2.86 bits per heavy atom. The quantitative estimate of drug-likeness (QED) is 0.465. The summed E-state index contributed by atoms with van der Waals surface area (Å²) in [6, 6.07) is 16.7. The number of thiazole rings is 1. The normalized spacial score (nSPS) is 16.7. The van der Waals surface area contributed by atoms with Gasteiger partial charge in [0.15, 0.2) is 9.92 Å². The fourth-order valence-corrected chi connectivity index (χ4v) is 5.50. The van der Waals surface area contributed by atoms with Crippen molar-refractivity contribution in [2.45, 2.75) is 23.2 Å². The van der Waals surface area contributed by atoms with Crippen LogP contribution in [0, 0.1) is 0 Å². The third-order valence-corrected chi connectivity index (χ3v) is 7.22. The molecule has 0 bridgehead atoms. The van der Waals surface area contributed by atoms with Crippen LogP contribution in [0.4, 0.5) is 6.01 Å². The Bertz CT molecular complexity index is 1090. The highest BCUT2D eigenvalue weighted by Crippen LogP contribution is 2.30. The highest BCUT2D eigenvalue weighted by atomic mass is 32.2. The molecule has 0 radical (unpaired) electrons. The number of fused-ring (bicyclic) bond motifs is 2. The average molecular weight is 425 g/mol. The second-order valence-electron chi connectivity index (χ2n) is 6.99. The minimum atomic E-state index is 0.0265. The van der Waals surface area contributed by atoms with Gasteiger partial charge < -0.3 is 14.6 Å². The highest BCUT2D eigenvalue weighted by molar-refractivity contribution is 8.01. The first kappa shape index (κ1) is 18.4. The molecule has 6 nitrogen and oxygen atoms in total. The predicted molar refractivity (Wildman–Crippen MR) is 118 cm³/mol. The lowest BCUT2D eigenvalue weighted by Gasteiger charge is -2.22. The molecule has 2 aromatic carbocycles. The molecule has 1 saturated heterocycles. The number of carbonyl (C=O) groups excluding carboxylic acids is 1. The van der Waals surface area contributed by atoms with Gasteiger partial charge in [0.25, 0.3) is 6.01 Å². The molecule has 3 heterocycles. The van der Waals surface area contributed by atoms with Gasteiger partial charge in [0.1, 0.15) is 5.52 Å². The van der Waals surface area contributed by atoms with Crippen LogP contribution < -0.4 is 10.2 Å². The molecule has 0 spiro atoms.